The van der Waals surface area contributed by atoms with E-state index in [9.17, 15) is 18.4 Å². The molecule has 5 nitrogen and oxygen atoms in total. The number of amides is 2. The van der Waals surface area contributed by atoms with Gasteiger partial charge in [0.25, 0.3) is 11.8 Å². The van der Waals surface area contributed by atoms with Crippen LogP contribution in [0.2, 0.25) is 0 Å². The fourth-order valence-electron chi connectivity index (χ4n) is 1.84. The quantitative estimate of drug-likeness (QED) is 0.890. The van der Waals surface area contributed by atoms with Crippen LogP contribution < -0.4 is 15.4 Å². The SMILES string of the molecule is CNC(=O)c1ccc(NC(=O)c2ccc(OC(F)F)cc2)cc1. The lowest BCUT2D eigenvalue weighted by Crippen LogP contribution is -2.17. The third-order valence-electron chi connectivity index (χ3n) is 2.97. The van der Waals surface area contributed by atoms with Crippen molar-refractivity contribution in [1.82, 2.24) is 5.32 Å². The van der Waals surface area contributed by atoms with Gasteiger partial charge in [-0.1, -0.05) is 0 Å². The van der Waals surface area contributed by atoms with Crippen molar-refractivity contribution in [2.45, 2.75) is 6.61 Å². The highest BCUT2D eigenvalue weighted by molar-refractivity contribution is 6.04. The molecule has 23 heavy (non-hydrogen) atoms. The summed E-state index contributed by atoms with van der Waals surface area (Å²) < 4.78 is 28.3. The van der Waals surface area contributed by atoms with Gasteiger partial charge < -0.3 is 15.4 Å². The Balaban J connectivity index is 2.02. The monoisotopic (exact) mass is 320 g/mol. The van der Waals surface area contributed by atoms with Gasteiger partial charge in [0.15, 0.2) is 0 Å². The van der Waals surface area contributed by atoms with Crippen LogP contribution in [0.15, 0.2) is 48.5 Å². The topological polar surface area (TPSA) is 67.4 Å². The first kappa shape index (κ1) is 16.4. The van der Waals surface area contributed by atoms with Gasteiger partial charge in [0.2, 0.25) is 0 Å². The van der Waals surface area contributed by atoms with E-state index in [2.05, 4.69) is 15.4 Å². The van der Waals surface area contributed by atoms with Crippen molar-refractivity contribution in [3.8, 4) is 5.75 Å². The molecule has 0 saturated carbocycles. The Labute approximate surface area is 131 Å². The first-order valence-corrected chi connectivity index (χ1v) is 6.68. The molecule has 0 spiro atoms. The number of rotatable bonds is 5. The molecule has 2 rings (SSSR count). The van der Waals surface area contributed by atoms with Crippen molar-refractivity contribution < 1.29 is 23.1 Å². The summed E-state index contributed by atoms with van der Waals surface area (Å²) in [5.74, 6) is -0.648. The Kier molecular flexibility index (Phi) is 5.24. The lowest BCUT2D eigenvalue weighted by Gasteiger charge is -2.08. The zero-order valence-electron chi connectivity index (χ0n) is 12.2. The maximum Gasteiger partial charge on any atom is 0.387 e. The maximum absolute atomic E-state index is 12.1. The number of nitrogens with one attached hydrogen (secondary N) is 2. The largest absolute Gasteiger partial charge is 0.435 e. The van der Waals surface area contributed by atoms with Crippen molar-refractivity contribution in [1.29, 1.82) is 0 Å². The second-order valence-electron chi connectivity index (χ2n) is 4.51. The van der Waals surface area contributed by atoms with Crippen molar-refractivity contribution in [3.63, 3.8) is 0 Å². The lowest BCUT2D eigenvalue weighted by atomic mass is 10.1. The number of alkyl halides is 2. The standard InChI is InChI=1S/C16H14F2N2O3/c1-19-14(21)10-2-6-12(7-3-10)20-15(22)11-4-8-13(9-5-11)23-16(17)18/h2-9,16H,1H3,(H,19,21)(H,20,22). The smallest absolute Gasteiger partial charge is 0.387 e. The summed E-state index contributed by atoms with van der Waals surface area (Å²) in [6.45, 7) is -2.91. The van der Waals surface area contributed by atoms with E-state index in [1.807, 2.05) is 0 Å². The summed E-state index contributed by atoms with van der Waals surface area (Å²) in [5.41, 5.74) is 1.27. The van der Waals surface area contributed by atoms with Crippen LogP contribution in [0, 0.1) is 0 Å². The van der Waals surface area contributed by atoms with Crippen LogP contribution in [0.1, 0.15) is 20.7 Å². The number of hydrogen-bond donors (Lipinski definition) is 2. The van der Waals surface area contributed by atoms with Gasteiger partial charge >= 0.3 is 6.61 Å². The molecule has 2 aromatic carbocycles. The number of carbonyl (C=O) groups excluding carboxylic acids is 2. The van der Waals surface area contributed by atoms with Crippen LogP contribution >= 0.6 is 0 Å². The zero-order valence-corrected chi connectivity index (χ0v) is 12.2. The molecule has 0 aliphatic carbocycles. The van der Waals surface area contributed by atoms with Gasteiger partial charge in [-0.05, 0) is 48.5 Å². The maximum atomic E-state index is 12.1. The van der Waals surface area contributed by atoms with Gasteiger partial charge in [-0.15, -0.1) is 0 Å². The lowest BCUT2D eigenvalue weighted by molar-refractivity contribution is -0.0498. The highest BCUT2D eigenvalue weighted by atomic mass is 19.3. The first-order valence-electron chi connectivity index (χ1n) is 6.68. The predicted octanol–water partition coefficient (Wildman–Crippen LogP) is 2.90. The third kappa shape index (κ3) is 4.50. The highest BCUT2D eigenvalue weighted by Crippen LogP contribution is 2.16. The van der Waals surface area contributed by atoms with E-state index >= 15 is 0 Å². The minimum absolute atomic E-state index is 0.0218. The molecular weight excluding hydrogens is 306 g/mol. The fraction of sp³-hybridized carbons (Fsp3) is 0.125. The second-order valence-corrected chi connectivity index (χ2v) is 4.51. The Morgan fingerprint density at radius 1 is 0.913 bits per heavy atom. The molecule has 0 aliphatic heterocycles. The number of ether oxygens (including phenoxy) is 1. The minimum Gasteiger partial charge on any atom is -0.435 e. The number of anilines is 1. The highest BCUT2D eigenvalue weighted by Gasteiger charge is 2.09. The molecule has 2 amide bonds. The second kappa shape index (κ2) is 7.35. The summed E-state index contributed by atoms with van der Waals surface area (Å²) >= 11 is 0. The summed E-state index contributed by atoms with van der Waals surface area (Å²) in [5, 5.41) is 5.14. The van der Waals surface area contributed by atoms with Crippen molar-refractivity contribution in [2.75, 3.05) is 12.4 Å². The fourth-order valence-corrected chi connectivity index (χ4v) is 1.84. The van der Waals surface area contributed by atoms with E-state index in [0.717, 1.165) is 0 Å². The Morgan fingerprint density at radius 2 is 1.43 bits per heavy atom. The predicted molar refractivity (Wildman–Crippen MR) is 80.9 cm³/mol. The molecule has 120 valence electrons. The summed E-state index contributed by atoms with van der Waals surface area (Å²) in [4.78, 5) is 23.5. The average Bonchev–Trinajstić information content (AvgIpc) is 2.55. The van der Waals surface area contributed by atoms with E-state index < -0.39 is 12.5 Å². The van der Waals surface area contributed by atoms with Crippen LogP contribution in [-0.4, -0.2) is 25.5 Å². The summed E-state index contributed by atoms with van der Waals surface area (Å²) in [6, 6.07) is 11.7. The Hall–Kier alpha value is -2.96. The van der Waals surface area contributed by atoms with Crippen LogP contribution in [0.3, 0.4) is 0 Å². The van der Waals surface area contributed by atoms with E-state index in [-0.39, 0.29) is 11.7 Å². The van der Waals surface area contributed by atoms with Gasteiger partial charge in [-0.3, -0.25) is 9.59 Å². The van der Waals surface area contributed by atoms with Crippen LogP contribution in [0.25, 0.3) is 0 Å². The van der Waals surface area contributed by atoms with Gasteiger partial charge in [0, 0.05) is 23.9 Å². The van der Waals surface area contributed by atoms with Crippen molar-refractivity contribution in [3.05, 3.63) is 59.7 Å². The number of halogens is 2. The summed E-state index contributed by atoms with van der Waals surface area (Å²) in [7, 11) is 1.53. The number of carbonyl (C=O) groups is 2. The molecule has 0 unspecified atom stereocenters. The third-order valence-corrected chi connectivity index (χ3v) is 2.97. The van der Waals surface area contributed by atoms with Crippen molar-refractivity contribution >= 4 is 17.5 Å². The van der Waals surface area contributed by atoms with Gasteiger partial charge in [-0.25, -0.2) is 0 Å². The molecule has 0 aliphatic rings. The van der Waals surface area contributed by atoms with E-state index in [0.29, 0.717) is 16.8 Å². The molecule has 2 N–H and O–H groups in total. The normalized spacial score (nSPS) is 10.3. The molecule has 0 radical (unpaired) electrons. The van der Waals surface area contributed by atoms with Crippen LogP contribution in [0.5, 0.6) is 5.75 Å². The number of benzene rings is 2. The van der Waals surface area contributed by atoms with Gasteiger partial charge in [0.05, 0.1) is 0 Å². The zero-order chi connectivity index (χ0) is 16.8. The minimum atomic E-state index is -2.91. The molecule has 0 saturated heterocycles. The van der Waals surface area contributed by atoms with Crippen LogP contribution in [0.4, 0.5) is 14.5 Å². The molecular formula is C16H14F2N2O3. The van der Waals surface area contributed by atoms with Gasteiger partial charge in [-0.2, -0.15) is 8.78 Å². The van der Waals surface area contributed by atoms with E-state index in [4.69, 9.17) is 0 Å². The first-order chi connectivity index (χ1) is 11.0. The molecule has 0 bridgehead atoms. The Morgan fingerprint density at radius 3 is 1.96 bits per heavy atom. The average molecular weight is 320 g/mol. The Bertz CT molecular complexity index is 685. The molecule has 0 atom stereocenters. The molecule has 0 heterocycles. The molecule has 0 aromatic heterocycles. The van der Waals surface area contributed by atoms with E-state index in [1.165, 1.54) is 31.3 Å². The van der Waals surface area contributed by atoms with Gasteiger partial charge in [0.1, 0.15) is 5.75 Å². The van der Waals surface area contributed by atoms with E-state index in [1.54, 1.807) is 24.3 Å². The summed E-state index contributed by atoms with van der Waals surface area (Å²) in [6.07, 6.45) is 0. The van der Waals surface area contributed by atoms with Crippen LogP contribution in [-0.2, 0) is 0 Å². The molecule has 0 fully saturated rings. The molecule has 2 aromatic rings. The van der Waals surface area contributed by atoms with Crippen molar-refractivity contribution in [2.24, 2.45) is 0 Å². The number of hydrogen-bond acceptors (Lipinski definition) is 3. The molecule has 7 heteroatoms.